The zero-order valence-corrected chi connectivity index (χ0v) is 11.2. The average molecular weight is 272 g/mol. The van der Waals surface area contributed by atoms with E-state index in [0.717, 1.165) is 18.4 Å². The number of carbonyl (C=O) groups is 1. The zero-order valence-electron chi connectivity index (χ0n) is 9.70. The van der Waals surface area contributed by atoms with Crippen LogP contribution in [0, 0.1) is 0 Å². The van der Waals surface area contributed by atoms with E-state index in [4.69, 9.17) is 23.2 Å². The Morgan fingerprint density at radius 2 is 2.24 bits per heavy atom. The summed E-state index contributed by atoms with van der Waals surface area (Å²) in [7, 11) is 0. The zero-order chi connectivity index (χ0) is 12.4. The lowest BCUT2D eigenvalue weighted by Crippen LogP contribution is -2.36. The highest BCUT2D eigenvalue weighted by Gasteiger charge is 2.35. The van der Waals surface area contributed by atoms with Gasteiger partial charge in [-0.1, -0.05) is 23.7 Å². The summed E-state index contributed by atoms with van der Waals surface area (Å²) >= 11 is 11.6. The first-order valence-electron chi connectivity index (χ1n) is 5.76. The molecule has 0 spiro atoms. The molecule has 0 aromatic heterocycles. The Kier molecular flexibility index (Phi) is 3.95. The highest BCUT2D eigenvalue weighted by molar-refractivity contribution is 6.30. The molecule has 4 heteroatoms. The molecule has 1 amide bonds. The van der Waals surface area contributed by atoms with Crippen LogP contribution in [-0.4, -0.2) is 22.7 Å². The van der Waals surface area contributed by atoms with E-state index < -0.39 is 0 Å². The van der Waals surface area contributed by atoms with Crippen molar-refractivity contribution in [2.24, 2.45) is 0 Å². The monoisotopic (exact) mass is 271 g/mol. The highest BCUT2D eigenvalue weighted by atomic mass is 35.5. The first kappa shape index (κ1) is 12.7. The molecule has 0 saturated heterocycles. The van der Waals surface area contributed by atoms with Crippen LogP contribution < -0.4 is 0 Å². The molecule has 2 rings (SSSR count). The fourth-order valence-electron chi connectivity index (χ4n) is 2.08. The van der Waals surface area contributed by atoms with Gasteiger partial charge in [0.1, 0.15) is 5.88 Å². The van der Waals surface area contributed by atoms with E-state index >= 15 is 0 Å². The van der Waals surface area contributed by atoms with Crippen LogP contribution in [-0.2, 0) is 4.79 Å². The van der Waals surface area contributed by atoms with Crippen LogP contribution in [0.5, 0.6) is 0 Å². The number of alkyl halides is 1. The van der Waals surface area contributed by atoms with Crippen molar-refractivity contribution in [1.82, 2.24) is 4.90 Å². The van der Waals surface area contributed by atoms with Crippen LogP contribution in [0.3, 0.4) is 0 Å². The molecule has 0 N–H and O–H groups in total. The molecule has 17 heavy (non-hydrogen) atoms. The minimum absolute atomic E-state index is 0.00152. The first-order valence-corrected chi connectivity index (χ1v) is 6.67. The number of nitrogens with zero attached hydrogens (tertiary/aromatic N) is 1. The highest BCUT2D eigenvalue weighted by Crippen LogP contribution is 2.35. The predicted molar refractivity (Wildman–Crippen MR) is 70.5 cm³/mol. The van der Waals surface area contributed by atoms with E-state index in [0.29, 0.717) is 11.1 Å². The van der Waals surface area contributed by atoms with Gasteiger partial charge in [-0.2, -0.15) is 0 Å². The van der Waals surface area contributed by atoms with Crippen molar-refractivity contribution in [3.8, 4) is 0 Å². The Labute approximate surface area is 112 Å². The summed E-state index contributed by atoms with van der Waals surface area (Å²) in [6.45, 7) is 2.02. The molecule has 1 fully saturated rings. The molecule has 1 atom stereocenters. The second kappa shape index (κ2) is 5.28. The smallest absolute Gasteiger partial charge is 0.238 e. The van der Waals surface area contributed by atoms with E-state index in [2.05, 4.69) is 0 Å². The number of halogens is 2. The van der Waals surface area contributed by atoms with Crippen LogP contribution >= 0.6 is 23.2 Å². The van der Waals surface area contributed by atoms with Gasteiger partial charge in [-0.3, -0.25) is 4.79 Å². The lowest BCUT2D eigenvalue weighted by molar-refractivity contribution is -0.131. The number of hydrogen-bond acceptors (Lipinski definition) is 1. The maximum atomic E-state index is 11.9. The lowest BCUT2D eigenvalue weighted by Gasteiger charge is -2.29. The van der Waals surface area contributed by atoms with Gasteiger partial charge < -0.3 is 4.90 Å². The fourth-order valence-corrected chi connectivity index (χ4v) is 2.42. The molecule has 1 aliphatic carbocycles. The maximum absolute atomic E-state index is 11.9. The van der Waals surface area contributed by atoms with Crippen molar-refractivity contribution < 1.29 is 4.79 Å². The predicted octanol–water partition coefficient (Wildman–Crippen LogP) is 3.63. The number of carbonyl (C=O) groups excluding carboxylic acids is 1. The van der Waals surface area contributed by atoms with Crippen molar-refractivity contribution in [1.29, 1.82) is 0 Å². The van der Waals surface area contributed by atoms with Gasteiger partial charge in [-0.15, -0.1) is 11.6 Å². The van der Waals surface area contributed by atoms with Crippen LogP contribution in [0.25, 0.3) is 0 Å². The Balaban J connectivity index is 2.21. The summed E-state index contributed by atoms with van der Waals surface area (Å²) in [5, 5.41) is 0.698. The van der Waals surface area contributed by atoms with Gasteiger partial charge in [0.15, 0.2) is 0 Å². The Morgan fingerprint density at radius 1 is 1.53 bits per heavy atom. The van der Waals surface area contributed by atoms with Gasteiger partial charge >= 0.3 is 0 Å². The van der Waals surface area contributed by atoms with Crippen molar-refractivity contribution >= 4 is 29.1 Å². The third-order valence-electron chi connectivity index (χ3n) is 3.09. The molecule has 0 bridgehead atoms. The van der Waals surface area contributed by atoms with Gasteiger partial charge in [0, 0.05) is 11.1 Å². The standard InChI is InChI=1S/C13H15Cl2NO/c1-9(10-3-2-4-11(15)7-10)16(12-5-6-12)13(17)8-14/h2-4,7,9,12H,5-6,8H2,1H3. The Bertz CT molecular complexity index is 418. The maximum Gasteiger partial charge on any atom is 0.238 e. The van der Waals surface area contributed by atoms with Crippen LogP contribution in [0.15, 0.2) is 24.3 Å². The van der Waals surface area contributed by atoms with Crippen LogP contribution in [0.2, 0.25) is 5.02 Å². The molecule has 0 aliphatic heterocycles. The minimum atomic E-state index is 0.00152. The van der Waals surface area contributed by atoms with E-state index in [9.17, 15) is 4.79 Å². The molecule has 1 saturated carbocycles. The molecule has 2 nitrogen and oxygen atoms in total. The number of rotatable bonds is 4. The molecule has 1 aliphatic rings. The van der Waals surface area contributed by atoms with Gasteiger partial charge in [0.25, 0.3) is 0 Å². The fraction of sp³-hybridized carbons (Fsp3) is 0.462. The van der Waals surface area contributed by atoms with E-state index in [-0.39, 0.29) is 17.8 Å². The van der Waals surface area contributed by atoms with Gasteiger partial charge in [0.2, 0.25) is 5.91 Å². The summed E-state index contributed by atoms with van der Waals surface area (Å²) < 4.78 is 0. The molecular weight excluding hydrogens is 257 g/mol. The van der Waals surface area contributed by atoms with Crippen molar-refractivity contribution in [2.75, 3.05) is 5.88 Å². The third kappa shape index (κ3) is 2.93. The van der Waals surface area contributed by atoms with E-state index in [1.807, 2.05) is 36.1 Å². The Hall–Kier alpha value is -0.730. The number of amides is 1. The Morgan fingerprint density at radius 3 is 2.76 bits per heavy atom. The molecule has 1 unspecified atom stereocenters. The van der Waals surface area contributed by atoms with E-state index in [1.165, 1.54) is 0 Å². The van der Waals surface area contributed by atoms with Crippen LogP contribution in [0.1, 0.15) is 31.4 Å². The topological polar surface area (TPSA) is 20.3 Å². The third-order valence-corrected chi connectivity index (χ3v) is 3.55. The largest absolute Gasteiger partial charge is 0.332 e. The van der Waals surface area contributed by atoms with Gasteiger partial charge in [0.05, 0.1) is 6.04 Å². The molecule has 92 valence electrons. The molecule has 1 aromatic rings. The second-order valence-corrected chi connectivity index (χ2v) is 5.10. The molecule has 0 heterocycles. The summed E-state index contributed by atoms with van der Waals surface area (Å²) in [6, 6.07) is 8.03. The SMILES string of the molecule is CC(c1cccc(Cl)c1)N(C(=O)CCl)C1CC1. The van der Waals surface area contributed by atoms with Gasteiger partial charge in [-0.25, -0.2) is 0 Å². The molecule has 1 aromatic carbocycles. The summed E-state index contributed by atoms with van der Waals surface area (Å²) in [4.78, 5) is 13.7. The van der Waals surface area contributed by atoms with Crippen molar-refractivity contribution in [3.63, 3.8) is 0 Å². The van der Waals surface area contributed by atoms with Gasteiger partial charge in [-0.05, 0) is 37.5 Å². The van der Waals surface area contributed by atoms with Crippen molar-refractivity contribution in [3.05, 3.63) is 34.9 Å². The number of hydrogen-bond donors (Lipinski definition) is 0. The summed E-state index contributed by atoms with van der Waals surface area (Å²) in [5.74, 6) is 0.0446. The van der Waals surface area contributed by atoms with Crippen LogP contribution in [0.4, 0.5) is 0 Å². The first-order chi connectivity index (χ1) is 8.13. The summed E-state index contributed by atoms with van der Waals surface area (Å²) in [5.41, 5.74) is 1.06. The molecule has 0 radical (unpaired) electrons. The normalized spacial score (nSPS) is 16.6. The second-order valence-electron chi connectivity index (χ2n) is 4.40. The average Bonchev–Trinajstić information content (AvgIpc) is 3.13. The summed E-state index contributed by atoms with van der Waals surface area (Å²) in [6.07, 6.45) is 2.15. The quantitative estimate of drug-likeness (QED) is 0.766. The van der Waals surface area contributed by atoms with E-state index in [1.54, 1.807) is 0 Å². The van der Waals surface area contributed by atoms with Crippen molar-refractivity contribution in [2.45, 2.75) is 31.8 Å². The molecular formula is C13H15Cl2NO. The lowest BCUT2D eigenvalue weighted by atomic mass is 10.1. The minimum Gasteiger partial charge on any atom is -0.332 e. The number of benzene rings is 1.